The number of nitrogens with one attached hydrogen (secondary N) is 1. The van der Waals surface area contributed by atoms with Crippen LogP contribution in [0.3, 0.4) is 0 Å². The lowest BCUT2D eigenvalue weighted by atomic mass is 10.2. The Morgan fingerprint density at radius 2 is 1.68 bits per heavy atom. The number of halogens is 3. The van der Waals surface area contributed by atoms with Gasteiger partial charge in [0.2, 0.25) is 0 Å². The van der Waals surface area contributed by atoms with Gasteiger partial charge in [-0.1, -0.05) is 23.2 Å². The molecule has 2 rings (SSSR count). The molecule has 0 radical (unpaired) electrons. The van der Waals surface area contributed by atoms with E-state index in [0.717, 1.165) is 0 Å². The molecule has 2 aromatic rings. The van der Waals surface area contributed by atoms with E-state index < -0.39 is 0 Å². The van der Waals surface area contributed by atoms with Gasteiger partial charge in [-0.25, -0.2) is 0 Å². The zero-order valence-corrected chi connectivity index (χ0v) is 12.6. The fourth-order valence-electron chi connectivity index (χ4n) is 1.43. The van der Waals surface area contributed by atoms with E-state index in [4.69, 9.17) is 28.3 Å². The van der Waals surface area contributed by atoms with E-state index in [9.17, 15) is 4.79 Å². The summed E-state index contributed by atoms with van der Waals surface area (Å²) in [5.74, 6) is -0.235. The number of phenolic OH excluding ortho intramolecular Hbond substituents is 1. The summed E-state index contributed by atoms with van der Waals surface area (Å²) in [6, 6.07) is 9.24. The van der Waals surface area contributed by atoms with Crippen molar-refractivity contribution in [2.75, 3.05) is 5.32 Å². The molecule has 3 nitrogen and oxygen atoms in total. The molecule has 0 bridgehead atoms. The second-order valence-corrected chi connectivity index (χ2v) is 5.33. The molecule has 2 aromatic carbocycles. The molecule has 0 aliphatic carbocycles. The monoisotopic (exact) mass is 359 g/mol. The predicted octanol–water partition coefficient (Wildman–Crippen LogP) is 4.71. The molecule has 0 heterocycles. The third-order valence-electron chi connectivity index (χ3n) is 2.41. The average molecular weight is 361 g/mol. The van der Waals surface area contributed by atoms with Crippen molar-refractivity contribution in [2.45, 2.75) is 0 Å². The Morgan fingerprint density at radius 3 is 2.32 bits per heavy atom. The van der Waals surface area contributed by atoms with Crippen molar-refractivity contribution >= 4 is 50.7 Å². The molecule has 0 aliphatic heterocycles. The molecule has 0 saturated heterocycles. The number of hydrogen-bond donors (Lipinski definition) is 2. The lowest BCUT2D eigenvalue weighted by Crippen LogP contribution is -2.12. The number of hydrogen-bond acceptors (Lipinski definition) is 2. The van der Waals surface area contributed by atoms with E-state index in [1.807, 2.05) is 0 Å². The topological polar surface area (TPSA) is 49.3 Å². The Balaban J connectivity index is 2.24. The molecule has 0 spiro atoms. The molecule has 0 atom stereocenters. The Kier molecular flexibility index (Phi) is 4.34. The first-order valence-electron chi connectivity index (χ1n) is 5.23. The Bertz CT molecular complexity index is 629. The molecule has 0 aliphatic rings. The van der Waals surface area contributed by atoms with Gasteiger partial charge in [0.15, 0.2) is 0 Å². The number of carbonyl (C=O) groups is 1. The first kappa shape index (κ1) is 14.2. The molecule has 6 heteroatoms. The van der Waals surface area contributed by atoms with Crippen molar-refractivity contribution in [3.63, 3.8) is 0 Å². The number of anilines is 1. The average Bonchev–Trinajstić information content (AvgIpc) is 2.40. The zero-order valence-electron chi connectivity index (χ0n) is 9.45. The summed E-state index contributed by atoms with van der Waals surface area (Å²) in [4.78, 5) is 12.0. The highest BCUT2D eigenvalue weighted by Crippen LogP contribution is 2.35. The molecule has 2 N–H and O–H groups in total. The highest BCUT2D eigenvalue weighted by molar-refractivity contribution is 9.10. The van der Waals surface area contributed by atoms with Crippen LogP contribution in [0.5, 0.6) is 5.75 Å². The Morgan fingerprint density at radius 1 is 1.05 bits per heavy atom. The van der Waals surface area contributed by atoms with Crippen LogP contribution in [0.1, 0.15) is 10.4 Å². The molecule has 1 amide bonds. The zero-order chi connectivity index (χ0) is 14.0. The maximum absolute atomic E-state index is 12.0. The van der Waals surface area contributed by atoms with Gasteiger partial charge in [0, 0.05) is 10.0 Å². The largest absolute Gasteiger partial charge is 0.508 e. The Hall–Kier alpha value is -1.23. The summed E-state index contributed by atoms with van der Waals surface area (Å²) in [5, 5.41) is 12.4. The van der Waals surface area contributed by atoms with Gasteiger partial charge in [-0.15, -0.1) is 0 Å². The van der Waals surface area contributed by atoms with Crippen LogP contribution in [-0.4, -0.2) is 11.0 Å². The minimum Gasteiger partial charge on any atom is -0.508 e. The summed E-state index contributed by atoms with van der Waals surface area (Å²) < 4.78 is 0.654. The van der Waals surface area contributed by atoms with Crippen molar-refractivity contribution in [3.05, 3.63) is 56.5 Å². The summed E-state index contributed by atoms with van der Waals surface area (Å²) in [5.41, 5.74) is 0.834. The molecule has 0 aromatic heterocycles. The fraction of sp³-hybridized carbons (Fsp3) is 0. The summed E-state index contributed by atoms with van der Waals surface area (Å²) in [6.07, 6.45) is 0. The fourth-order valence-corrected chi connectivity index (χ4v) is 2.25. The normalized spacial score (nSPS) is 10.3. The second kappa shape index (κ2) is 5.82. The van der Waals surface area contributed by atoms with Gasteiger partial charge in [0.1, 0.15) is 5.75 Å². The highest BCUT2D eigenvalue weighted by Gasteiger charge is 2.12. The van der Waals surface area contributed by atoms with Crippen LogP contribution in [-0.2, 0) is 0 Å². The van der Waals surface area contributed by atoms with Gasteiger partial charge in [0.05, 0.1) is 15.7 Å². The van der Waals surface area contributed by atoms with Gasteiger partial charge in [-0.05, 0) is 52.3 Å². The van der Waals surface area contributed by atoms with E-state index >= 15 is 0 Å². The Labute approximate surface area is 128 Å². The molecule has 0 saturated carbocycles. The highest BCUT2D eigenvalue weighted by atomic mass is 79.9. The molecule has 0 unspecified atom stereocenters. The van der Waals surface area contributed by atoms with Gasteiger partial charge in [0.25, 0.3) is 5.91 Å². The van der Waals surface area contributed by atoms with Crippen molar-refractivity contribution in [1.82, 2.24) is 0 Å². The first-order valence-corrected chi connectivity index (χ1v) is 6.78. The molecule has 19 heavy (non-hydrogen) atoms. The number of aromatic hydroxyl groups is 1. The van der Waals surface area contributed by atoms with E-state index in [0.29, 0.717) is 20.7 Å². The van der Waals surface area contributed by atoms with Gasteiger partial charge in [-0.2, -0.15) is 0 Å². The lowest BCUT2D eigenvalue weighted by Gasteiger charge is -2.09. The number of benzene rings is 2. The van der Waals surface area contributed by atoms with Crippen LogP contribution in [0.15, 0.2) is 40.9 Å². The second-order valence-electron chi connectivity index (χ2n) is 3.72. The summed E-state index contributed by atoms with van der Waals surface area (Å²) in [7, 11) is 0. The smallest absolute Gasteiger partial charge is 0.255 e. The van der Waals surface area contributed by atoms with Crippen molar-refractivity contribution < 1.29 is 9.90 Å². The third-order valence-corrected chi connectivity index (χ3v) is 4.18. The quantitative estimate of drug-likeness (QED) is 0.761. The molecule has 0 fully saturated rings. The molecular formula is C13H8BrCl2NO2. The standard InChI is InChI=1S/C13H8BrCl2NO2/c14-9-5-6-10(12(16)11(9)15)17-13(19)7-1-3-8(18)4-2-7/h1-6,18H,(H,17,19). The molecular weight excluding hydrogens is 353 g/mol. The maximum atomic E-state index is 12.0. The SMILES string of the molecule is O=C(Nc1ccc(Br)c(Cl)c1Cl)c1ccc(O)cc1. The number of carbonyl (C=O) groups excluding carboxylic acids is 1. The van der Waals surface area contributed by atoms with Crippen molar-refractivity contribution in [2.24, 2.45) is 0 Å². The van der Waals surface area contributed by atoms with Crippen LogP contribution < -0.4 is 5.32 Å². The summed E-state index contributed by atoms with van der Waals surface area (Å²) in [6.45, 7) is 0. The lowest BCUT2D eigenvalue weighted by molar-refractivity contribution is 0.102. The summed E-state index contributed by atoms with van der Waals surface area (Å²) >= 11 is 15.3. The number of phenols is 1. The minimum absolute atomic E-state index is 0.0984. The number of amides is 1. The van der Waals surface area contributed by atoms with Crippen molar-refractivity contribution in [1.29, 1.82) is 0 Å². The van der Waals surface area contributed by atoms with E-state index in [1.165, 1.54) is 24.3 Å². The van der Waals surface area contributed by atoms with Crippen LogP contribution in [0.4, 0.5) is 5.69 Å². The maximum Gasteiger partial charge on any atom is 0.255 e. The van der Waals surface area contributed by atoms with E-state index in [1.54, 1.807) is 12.1 Å². The first-order chi connectivity index (χ1) is 8.99. The van der Waals surface area contributed by atoms with Gasteiger partial charge < -0.3 is 10.4 Å². The van der Waals surface area contributed by atoms with Crippen LogP contribution in [0, 0.1) is 0 Å². The molecule has 98 valence electrons. The third kappa shape index (κ3) is 3.21. The van der Waals surface area contributed by atoms with Crippen LogP contribution in [0.2, 0.25) is 10.0 Å². The van der Waals surface area contributed by atoms with Crippen molar-refractivity contribution in [3.8, 4) is 5.75 Å². The van der Waals surface area contributed by atoms with E-state index in [-0.39, 0.29) is 16.7 Å². The predicted molar refractivity (Wildman–Crippen MR) is 80.2 cm³/mol. The van der Waals surface area contributed by atoms with E-state index in [2.05, 4.69) is 21.2 Å². The van der Waals surface area contributed by atoms with Crippen LogP contribution in [0.25, 0.3) is 0 Å². The number of rotatable bonds is 2. The van der Waals surface area contributed by atoms with Gasteiger partial charge >= 0.3 is 0 Å². The minimum atomic E-state index is -0.333. The van der Waals surface area contributed by atoms with Gasteiger partial charge in [-0.3, -0.25) is 4.79 Å². The van der Waals surface area contributed by atoms with Crippen LogP contribution >= 0.6 is 39.1 Å².